The van der Waals surface area contributed by atoms with Crippen molar-refractivity contribution in [2.24, 2.45) is 0 Å². The lowest BCUT2D eigenvalue weighted by atomic mass is 9.97. The van der Waals surface area contributed by atoms with Crippen molar-refractivity contribution in [1.82, 2.24) is 0 Å². The van der Waals surface area contributed by atoms with Gasteiger partial charge in [-0.2, -0.15) is 0 Å². The van der Waals surface area contributed by atoms with Gasteiger partial charge in [0.15, 0.2) is 0 Å². The van der Waals surface area contributed by atoms with E-state index >= 15 is 0 Å². The van der Waals surface area contributed by atoms with Gasteiger partial charge in [0.25, 0.3) is 0 Å². The molecule has 0 amide bonds. The molecule has 7 heavy (non-hydrogen) atoms. The summed E-state index contributed by atoms with van der Waals surface area (Å²) in [5.41, 5.74) is 0.686. The molecule has 0 N–H and O–H groups in total. The predicted molar refractivity (Wildman–Crippen MR) is 32.2 cm³/mol. The van der Waals surface area contributed by atoms with Crippen LogP contribution in [0.3, 0.4) is 0 Å². The second-order valence-electron chi connectivity index (χ2n) is 1.78. The molecule has 0 aromatic rings. The average molecular weight is 100 g/mol. The topological polar surface area (TPSA) is 0 Å². The van der Waals surface area contributed by atoms with Gasteiger partial charge in [-0.3, -0.25) is 0 Å². The van der Waals surface area contributed by atoms with Gasteiger partial charge in [-0.15, -0.1) is 0 Å². The molecule has 0 radical (unpaired) electrons. The van der Waals surface area contributed by atoms with E-state index < -0.39 is 12.7 Å². The average Bonchev–Trinajstić information content (AvgIpc) is 1.49. The molecule has 1 rings (SSSR count). The van der Waals surface area contributed by atoms with Crippen LogP contribution >= 0.6 is 0 Å². The Hall–Kier alpha value is -0.260. The molecule has 0 aromatic heterocycles. The molecule has 0 saturated heterocycles. The monoisotopic (exact) mass is 100 g/mol. The maximum atomic E-state index is 7.38. The fourth-order valence-corrected chi connectivity index (χ4v) is 0.629. The van der Waals surface area contributed by atoms with Crippen LogP contribution in [0.2, 0.25) is 0 Å². The summed E-state index contributed by atoms with van der Waals surface area (Å²) in [6.07, 6.45) is -2.16. The van der Waals surface area contributed by atoms with Gasteiger partial charge < -0.3 is 0 Å². The third-order valence-electron chi connectivity index (χ3n) is 1.000. The zero-order valence-corrected chi connectivity index (χ0v) is 4.33. The van der Waals surface area contributed by atoms with E-state index in [1.54, 1.807) is 0 Å². The van der Waals surface area contributed by atoms with Gasteiger partial charge in [-0.05, 0) is 25.6 Å². The lowest BCUT2D eigenvalue weighted by molar-refractivity contribution is 0.601. The molecule has 1 aliphatic carbocycles. The van der Waals surface area contributed by atoms with Crippen LogP contribution < -0.4 is 0 Å². The maximum Gasteiger partial charge on any atom is 0.0270 e. The third kappa shape index (κ3) is 1.34. The lowest BCUT2D eigenvalue weighted by Crippen LogP contribution is -1.90. The molecule has 0 nitrogen and oxygen atoms in total. The lowest BCUT2D eigenvalue weighted by Gasteiger charge is -2.10. The van der Waals surface area contributed by atoms with Gasteiger partial charge in [0.2, 0.25) is 0 Å². The summed E-state index contributed by atoms with van der Waals surface area (Å²) in [5.74, 6) is 0. The van der Waals surface area contributed by atoms with E-state index in [4.69, 9.17) is 5.48 Å². The van der Waals surface area contributed by atoms with E-state index in [2.05, 4.69) is 6.58 Å². The third-order valence-corrected chi connectivity index (χ3v) is 1.000. The minimum Gasteiger partial charge on any atom is -0.0999 e. The molecular weight excluding hydrogens is 84.1 g/mol. The van der Waals surface area contributed by atoms with Crippen LogP contribution in [0.25, 0.3) is 0 Å². The molecule has 1 saturated carbocycles. The van der Waals surface area contributed by atoms with Crippen LogP contribution in [-0.2, 0) is 0 Å². The Morgan fingerprint density at radius 3 is 2.43 bits per heavy atom. The van der Waals surface area contributed by atoms with Crippen molar-refractivity contribution in [3.8, 4) is 0 Å². The zero-order chi connectivity index (χ0) is 8.70. The molecule has 1 aliphatic rings. The Bertz CT molecular complexity index is 165. The van der Waals surface area contributed by atoms with E-state index in [-0.39, 0.29) is 6.42 Å². The molecular formula is C7H12. The van der Waals surface area contributed by atoms with Crippen LogP contribution in [0.15, 0.2) is 12.2 Å². The predicted octanol–water partition coefficient (Wildman–Crippen LogP) is 2.51. The maximum absolute atomic E-state index is 7.38. The molecule has 0 heteroatoms. The van der Waals surface area contributed by atoms with E-state index in [0.717, 1.165) is 0 Å². The second kappa shape index (κ2) is 2.15. The van der Waals surface area contributed by atoms with Crippen molar-refractivity contribution < 1.29 is 5.48 Å². The Morgan fingerprint density at radius 2 is 2.00 bits per heavy atom. The molecule has 1 fully saturated rings. The van der Waals surface area contributed by atoms with Crippen molar-refractivity contribution in [3.05, 3.63) is 12.2 Å². The Labute approximate surface area is 50.9 Å². The summed E-state index contributed by atoms with van der Waals surface area (Å²) in [5, 5.41) is 0. The Balaban J connectivity index is 2.74. The van der Waals surface area contributed by atoms with Gasteiger partial charge in [-0.25, -0.2) is 0 Å². The summed E-state index contributed by atoms with van der Waals surface area (Å²) in [6.45, 7) is 3.63. The zero-order valence-electron chi connectivity index (χ0n) is 8.33. The number of hydrogen-bond acceptors (Lipinski definition) is 0. The van der Waals surface area contributed by atoms with E-state index in [9.17, 15) is 0 Å². The normalized spacial score (nSPS) is 45.4. The fraction of sp³-hybridized carbons (Fsp3) is 0.714. The van der Waals surface area contributed by atoms with Crippen molar-refractivity contribution in [2.45, 2.75) is 32.0 Å². The fourth-order valence-electron chi connectivity index (χ4n) is 0.629. The molecule has 0 heterocycles. The largest absolute Gasteiger partial charge is 0.0999 e. The molecule has 0 spiro atoms. The Kier molecular flexibility index (Phi) is 0.592. The van der Waals surface area contributed by atoms with Crippen molar-refractivity contribution in [1.29, 1.82) is 0 Å². The van der Waals surface area contributed by atoms with E-state index in [0.29, 0.717) is 18.4 Å². The van der Waals surface area contributed by atoms with Crippen LogP contribution in [-0.4, -0.2) is 0 Å². The first-order chi connectivity index (χ1) is 4.81. The van der Waals surface area contributed by atoms with Gasteiger partial charge in [0, 0.05) is 5.48 Å². The highest BCUT2D eigenvalue weighted by atomic mass is 14.1. The van der Waals surface area contributed by atoms with Gasteiger partial charge in [0.05, 0.1) is 0 Å². The van der Waals surface area contributed by atoms with Gasteiger partial charge in [-0.1, -0.05) is 18.6 Å². The second-order valence-corrected chi connectivity index (χ2v) is 1.78. The van der Waals surface area contributed by atoms with Crippen molar-refractivity contribution >= 4 is 0 Å². The summed E-state index contributed by atoms with van der Waals surface area (Å²) in [6, 6.07) is 0. The number of allylic oxidation sites excluding steroid dienone is 1. The highest BCUT2D eigenvalue weighted by Crippen LogP contribution is 2.20. The number of hydrogen-bond donors (Lipinski definition) is 0. The van der Waals surface area contributed by atoms with Crippen LogP contribution in [0, 0.1) is 0 Å². The van der Waals surface area contributed by atoms with Gasteiger partial charge >= 0.3 is 0 Å². The van der Waals surface area contributed by atoms with Crippen molar-refractivity contribution in [2.75, 3.05) is 0 Å². The van der Waals surface area contributed by atoms with E-state index in [1.807, 2.05) is 0 Å². The first-order valence-electron chi connectivity index (χ1n) is 4.47. The molecule has 0 unspecified atom stereocenters. The molecule has 0 bridgehead atoms. The standard InChI is InChI=1S/C7H12/c1-7-5-3-2-4-6-7/h1-6H2/i3D2,4D2. The minimum atomic E-state index is -1.39. The highest BCUT2D eigenvalue weighted by Gasteiger charge is 2.00. The first-order valence-corrected chi connectivity index (χ1v) is 2.47. The first kappa shape index (κ1) is 1.93. The van der Waals surface area contributed by atoms with E-state index in [1.165, 1.54) is 0 Å². The highest BCUT2D eigenvalue weighted by molar-refractivity contribution is 4.95. The quantitative estimate of drug-likeness (QED) is 0.410. The summed E-state index contributed by atoms with van der Waals surface area (Å²) < 4.78 is 29.5. The summed E-state index contributed by atoms with van der Waals surface area (Å²) in [7, 11) is 0. The van der Waals surface area contributed by atoms with Crippen LogP contribution in [0.1, 0.15) is 37.5 Å². The van der Waals surface area contributed by atoms with Crippen LogP contribution in [0.4, 0.5) is 0 Å². The summed E-state index contributed by atoms with van der Waals surface area (Å²) in [4.78, 5) is 0. The van der Waals surface area contributed by atoms with Crippen molar-refractivity contribution in [3.63, 3.8) is 0 Å². The van der Waals surface area contributed by atoms with Gasteiger partial charge in [0.1, 0.15) is 0 Å². The molecule has 0 atom stereocenters. The smallest absolute Gasteiger partial charge is 0.0270 e. The van der Waals surface area contributed by atoms with Crippen LogP contribution in [0.5, 0.6) is 0 Å². The molecule has 40 valence electrons. The minimum absolute atomic E-state index is 0.000972. The Morgan fingerprint density at radius 1 is 1.43 bits per heavy atom. The SMILES string of the molecule is [2H]C1([2H])CC(=C)CC([2H])([2H])C1. The molecule has 0 aliphatic heterocycles. The molecule has 0 aromatic carbocycles. The summed E-state index contributed by atoms with van der Waals surface area (Å²) >= 11 is 0. The number of rotatable bonds is 0.